The van der Waals surface area contributed by atoms with Crippen LogP contribution in [-0.2, 0) is 19.6 Å². The molecule has 0 radical (unpaired) electrons. The number of nitrogens with zero attached hydrogens (tertiary/aromatic N) is 5. The van der Waals surface area contributed by atoms with Crippen LogP contribution in [0.15, 0.2) is 36.5 Å². The molecule has 1 saturated heterocycles. The molecule has 0 spiro atoms. The van der Waals surface area contributed by atoms with Gasteiger partial charge in [-0.3, -0.25) is 10.00 Å². The van der Waals surface area contributed by atoms with Crippen LogP contribution in [0.3, 0.4) is 0 Å². The maximum Gasteiger partial charge on any atom is 0.147 e. The third-order valence-corrected chi connectivity index (χ3v) is 5.78. The fourth-order valence-corrected chi connectivity index (χ4v) is 4.29. The third-order valence-electron chi connectivity index (χ3n) is 5.78. The zero-order valence-electron chi connectivity index (χ0n) is 15.4. The number of hydrogen-bond acceptors (Lipinski definition) is 5. The normalized spacial score (nSPS) is 18.5. The van der Waals surface area contributed by atoms with Gasteiger partial charge in [0.25, 0.3) is 0 Å². The summed E-state index contributed by atoms with van der Waals surface area (Å²) in [5.74, 6) is 2.81. The highest BCUT2D eigenvalue weighted by Gasteiger charge is 2.27. The predicted molar refractivity (Wildman–Crippen MR) is 103 cm³/mol. The SMILES string of the molecule is c1ccc(-c2[nH]ncc2CN2CCC(c3nnc4n3CCNC4)CC2)cc1. The minimum Gasteiger partial charge on any atom is -0.312 e. The fourth-order valence-electron chi connectivity index (χ4n) is 4.29. The largest absolute Gasteiger partial charge is 0.312 e. The Balaban J connectivity index is 1.25. The summed E-state index contributed by atoms with van der Waals surface area (Å²) in [7, 11) is 0. The standard InChI is InChI=1S/C20H25N7/c1-2-4-15(5-3-1)19-17(12-22-24-19)14-26-9-6-16(7-10-26)20-25-23-18-13-21-8-11-27(18)20/h1-5,12,16,21H,6-11,13-14H2,(H,22,24). The first-order chi connectivity index (χ1) is 13.4. The minimum atomic E-state index is 0.526. The Morgan fingerprint density at radius 2 is 1.89 bits per heavy atom. The number of aromatic nitrogens is 5. The Hall–Kier alpha value is -2.51. The van der Waals surface area contributed by atoms with E-state index in [0.29, 0.717) is 5.92 Å². The van der Waals surface area contributed by atoms with Gasteiger partial charge in [-0.15, -0.1) is 10.2 Å². The highest BCUT2D eigenvalue weighted by atomic mass is 15.3. The van der Waals surface area contributed by atoms with Gasteiger partial charge in [0.1, 0.15) is 11.6 Å². The van der Waals surface area contributed by atoms with Gasteiger partial charge in [0, 0.05) is 31.1 Å². The first-order valence-corrected chi connectivity index (χ1v) is 9.81. The molecule has 5 rings (SSSR count). The van der Waals surface area contributed by atoms with Crippen molar-refractivity contribution in [3.05, 3.63) is 53.7 Å². The van der Waals surface area contributed by atoms with E-state index in [1.807, 2.05) is 12.3 Å². The van der Waals surface area contributed by atoms with Gasteiger partial charge in [-0.25, -0.2) is 0 Å². The average Bonchev–Trinajstić information content (AvgIpc) is 3.36. The Morgan fingerprint density at radius 1 is 1.04 bits per heavy atom. The molecule has 140 valence electrons. The zero-order chi connectivity index (χ0) is 18.1. The molecule has 2 aromatic heterocycles. The van der Waals surface area contributed by atoms with E-state index in [1.54, 1.807) is 0 Å². The molecule has 7 heteroatoms. The van der Waals surface area contributed by atoms with Crippen molar-refractivity contribution in [3.8, 4) is 11.3 Å². The predicted octanol–water partition coefficient (Wildman–Crippen LogP) is 2.15. The summed E-state index contributed by atoms with van der Waals surface area (Å²) >= 11 is 0. The van der Waals surface area contributed by atoms with Gasteiger partial charge in [0.05, 0.1) is 18.4 Å². The van der Waals surface area contributed by atoms with Crippen molar-refractivity contribution in [2.75, 3.05) is 19.6 Å². The van der Waals surface area contributed by atoms with E-state index in [0.717, 1.165) is 63.6 Å². The Morgan fingerprint density at radius 3 is 2.74 bits per heavy atom. The van der Waals surface area contributed by atoms with Gasteiger partial charge in [-0.2, -0.15) is 5.10 Å². The Labute approximate surface area is 158 Å². The van der Waals surface area contributed by atoms with Crippen LogP contribution in [0, 0.1) is 0 Å². The second kappa shape index (κ2) is 7.25. The second-order valence-corrected chi connectivity index (χ2v) is 7.49. The lowest BCUT2D eigenvalue weighted by molar-refractivity contribution is 0.199. The first-order valence-electron chi connectivity index (χ1n) is 9.81. The molecular weight excluding hydrogens is 338 g/mol. The summed E-state index contributed by atoms with van der Waals surface area (Å²) in [4.78, 5) is 2.53. The number of hydrogen-bond donors (Lipinski definition) is 2. The van der Waals surface area contributed by atoms with E-state index in [4.69, 9.17) is 0 Å². The van der Waals surface area contributed by atoms with E-state index >= 15 is 0 Å². The summed E-state index contributed by atoms with van der Waals surface area (Å²) in [6.45, 7) is 5.96. The monoisotopic (exact) mass is 363 g/mol. The van der Waals surface area contributed by atoms with Crippen LogP contribution in [0.4, 0.5) is 0 Å². The molecule has 0 amide bonds. The van der Waals surface area contributed by atoms with E-state index in [9.17, 15) is 0 Å². The van der Waals surface area contributed by atoms with Crippen LogP contribution in [0.5, 0.6) is 0 Å². The summed E-state index contributed by atoms with van der Waals surface area (Å²) in [5.41, 5.74) is 3.60. The number of nitrogens with one attached hydrogen (secondary N) is 2. The second-order valence-electron chi connectivity index (χ2n) is 7.49. The molecule has 2 N–H and O–H groups in total. The maximum atomic E-state index is 4.52. The lowest BCUT2D eigenvalue weighted by Crippen LogP contribution is -2.34. The van der Waals surface area contributed by atoms with E-state index in [-0.39, 0.29) is 0 Å². The van der Waals surface area contributed by atoms with E-state index < -0.39 is 0 Å². The van der Waals surface area contributed by atoms with Crippen molar-refractivity contribution >= 4 is 0 Å². The van der Waals surface area contributed by atoms with Gasteiger partial charge in [0.15, 0.2) is 0 Å². The van der Waals surface area contributed by atoms with Crippen LogP contribution < -0.4 is 5.32 Å². The number of likely N-dealkylation sites (tertiary alicyclic amines) is 1. The van der Waals surface area contributed by atoms with Gasteiger partial charge in [0.2, 0.25) is 0 Å². The molecule has 0 saturated carbocycles. The maximum absolute atomic E-state index is 4.52. The summed E-state index contributed by atoms with van der Waals surface area (Å²) in [5, 5.41) is 19.7. The molecular formula is C20H25N7. The molecule has 2 aliphatic rings. The van der Waals surface area contributed by atoms with Crippen LogP contribution >= 0.6 is 0 Å². The zero-order valence-corrected chi connectivity index (χ0v) is 15.4. The minimum absolute atomic E-state index is 0.526. The van der Waals surface area contributed by atoms with Gasteiger partial charge >= 0.3 is 0 Å². The highest BCUT2D eigenvalue weighted by molar-refractivity contribution is 5.62. The molecule has 0 unspecified atom stereocenters. The van der Waals surface area contributed by atoms with E-state index in [2.05, 4.69) is 59.4 Å². The fraction of sp³-hybridized carbons (Fsp3) is 0.450. The molecule has 0 aliphatic carbocycles. The number of H-pyrrole nitrogens is 1. The molecule has 4 heterocycles. The molecule has 7 nitrogen and oxygen atoms in total. The molecule has 1 fully saturated rings. The van der Waals surface area contributed by atoms with Crippen LogP contribution in [0.25, 0.3) is 11.3 Å². The van der Waals surface area contributed by atoms with Gasteiger partial charge in [-0.05, 0) is 31.5 Å². The lowest BCUT2D eigenvalue weighted by Gasteiger charge is -2.32. The number of benzene rings is 1. The van der Waals surface area contributed by atoms with Crippen LogP contribution in [0.1, 0.15) is 36.0 Å². The summed E-state index contributed by atoms with van der Waals surface area (Å²) in [6.07, 6.45) is 4.25. The lowest BCUT2D eigenvalue weighted by atomic mass is 9.95. The highest BCUT2D eigenvalue weighted by Crippen LogP contribution is 2.29. The number of rotatable bonds is 4. The molecule has 0 atom stereocenters. The van der Waals surface area contributed by atoms with Crippen molar-refractivity contribution in [2.45, 2.75) is 38.4 Å². The molecule has 3 aromatic rings. The van der Waals surface area contributed by atoms with E-state index in [1.165, 1.54) is 17.0 Å². The quantitative estimate of drug-likeness (QED) is 0.743. The van der Waals surface area contributed by atoms with Crippen molar-refractivity contribution in [1.29, 1.82) is 0 Å². The number of fused-ring (bicyclic) bond motifs is 1. The number of piperidine rings is 1. The summed E-state index contributed by atoms with van der Waals surface area (Å²) in [6, 6.07) is 10.4. The van der Waals surface area contributed by atoms with Crippen LogP contribution in [0.2, 0.25) is 0 Å². The van der Waals surface area contributed by atoms with Crippen molar-refractivity contribution < 1.29 is 0 Å². The first kappa shape index (κ1) is 16.6. The average molecular weight is 363 g/mol. The molecule has 27 heavy (non-hydrogen) atoms. The topological polar surface area (TPSA) is 74.7 Å². The van der Waals surface area contributed by atoms with Crippen molar-refractivity contribution in [2.24, 2.45) is 0 Å². The molecule has 0 bridgehead atoms. The third kappa shape index (κ3) is 3.28. The number of aromatic amines is 1. The Bertz CT molecular complexity index is 890. The van der Waals surface area contributed by atoms with Gasteiger partial charge in [-0.1, -0.05) is 30.3 Å². The van der Waals surface area contributed by atoms with Gasteiger partial charge < -0.3 is 9.88 Å². The molecule has 1 aromatic carbocycles. The van der Waals surface area contributed by atoms with Crippen LogP contribution in [-0.4, -0.2) is 49.5 Å². The summed E-state index contributed by atoms with van der Waals surface area (Å²) < 4.78 is 2.33. The Kier molecular flexibility index (Phi) is 4.47. The smallest absolute Gasteiger partial charge is 0.147 e. The van der Waals surface area contributed by atoms with Crippen molar-refractivity contribution in [3.63, 3.8) is 0 Å². The van der Waals surface area contributed by atoms with Crippen molar-refractivity contribution in [1.82, 2.24) is 35.2 Å². The molecule has 2 aliphatic heterocycles.